The molecule has 1 aliphatic heterocycles. The first kappa shape index (κ1) is 15.4. The zero-order valence-corrected chi connectivity index (χ0v) is 14.3. The van der Waals surface area contributed by atoms with Crippen molar-refractivity contribution in [3.05, 3.63) is 29.1 Å². The number of aromatic amines is 1. The lowest BCUT2D eigenvalue weighted by molar-refractivity contribution is 0.0703. The summed E-state index contributed by atoms with van der Waals surface area (Å²) in [5.74, 6) is 2.11. The quantitative estimate of drug-likeness (QED) is 0.909. The molecule has 3 heterocycles. The van der Waals surface area contributed by atoms with Gasteiger partial charge in [-0.3, -0.25) is 9.89 Å². The van der Waals surface area contributed by atoms with Crippen LogP contribution in [0.25, 0.3) is 0 Å². The van der Waals surface area contributed by atoms with E-state index in [0.29, 0.717) is 17.5 Å². The molecular weight excluding hydrogens is 304 g/mol. The van der Waals surface area contributed by atoms with E-state index in [2.05, 4.69) is 27.3 Å². The van der Waals surface area contributed by atoms with E-state index in [1.54, 1.807) is 6.33 Å². The summed E-state index contributed by atoms with van der Waals surface area (Å²) >= 11 is 0. The smallest absolute Gasteiger partial charge is 0.274 e. The Labute approximate surface area is 141 Å². The summed E-state index contributed by atoms with van der Waals surface area (Å²) in [5.41, 5.74) is 2.95. The summed E-state index contributed by atoms with van der Waals surface area (Å²) in [6, 6.07) is 0. The van der Waals surface area contributed by atoms with Gasteiger partial charge in [0.05, 0.1) is 0 Å². The number of rotatable bonds is 2. The van der Waals surface area contributed by atoms with Crippen LogP contribution in [-0.2, 0) is 19.9 Å². The third-order valence-electron chi connectivity index (χ3n) is 5.49. The molecule has 1 N–H and O–H groups in total. The zero-order valence-electron chi connectivity index (χ0n) is 14.3. The number of carbonyl (C=O) groups excluding carboxylic acids is 1. The summed E-state index contributed by atoms with van der Waals surface area (Å²) in [5, 5.41) is 15.6. The van der Waals surface area contributed by atoms with Crippen molar-refractivity contribution in [2.24, 2.45) is 13.0 Å². The third kappa shape index (κ3) is 2.61. The van der Waals surface area contributed by atoms with Crippen molar-refractivity contribution in [3.63, 3.8) is 0 Å². The Morgan fingerprint density at radius 2 is 2.08 bits per heavy atom. The Hall–Kier alpha value is -2.18. The second-order valence-electron chi connectivity index (χ2n) is 7.24. The summed E-state index contributed by atoms with van der Waals surface area (Å²) in [6.07, 6.45) is 6.74. The fraction of sp³-hybridized carbons (Fsp3) is 0.647. The average molecular weight is 328 g/mol. The van der Waals surface area contributed by atoms with E-state index in [0.717, 1.165) is 55.9 Å². The lowest BCUT2D eigenvalue weighted by atomic mass is 9.87. The van der Waals surface area contributed by atoms with E-state index >= 15 is 0 Å². The molecule has 1 aliphatic carbocycles. The molecule has 24 heavy (non-hydrogen) atoms. The molecule has 1 amide bonds. The highest BCUT2D eigenvalue weighted by Crippen LogP contribution is 2.30. The van der Waals surface area contributed by atoms with Gasteiger partial charge in [0, 0.05) is 37.3 Å². The van der Waals surface area contributed by atoms with Crippen molar-refractivity contribution >= 4 is 5.91 Å². The fourth-order valence-electron chi connectivity index (χ4n) is 4.00. The largest absolute Gasteiger partial charge is 0.337 e. The van der Waals surface area contributed by atoms with Gasteiger partial charge in [0.2, 0.25) is 0 Å². The van der Waals surface area contributed by atoms with E-state index in [-0.39, 0.29) is 5.91 Å². The van der Waals surface area contributed by atoms with Crippen molar-refractivity contribution in [2.45, 2.75) is 44.9 Å². The number of nitrogens with one attached hydrogen (secondary N) is 1. The second-order valence-corrected chi connectivity index (χ2v) is 7.24. The maximum atomic E-state index is 12.9. The van der Waals surface area contributed by atoms with Crippen molar-refractivity contribution in [2.75, 3.05) is 13.1 Å². The maximum Gasteiger partial charge on any atom is 0.274 e. The number of carbonyl (C=O) groups is 1. The van der Waals surface area contributed by atoms with Gasteiger partial charge in [0.25, 0.3) is 5.91 Å². The van der Waals surface area contributed by atoms with Crippen LogP contribution in [0.15, 0.2) is 6.33 Å². The molecule has 1 unspecified atom stereocenters. The highest BCUT2D eigenvalue weighted by molar-refractivity contribution is 5.94. The van der Waals surface area contributed by atoms with Gasteiger partial charge in [0.15, 0.2) is 5.69 Å². The lowest BCUT2D eigenvalue weighted by Gasteiger charge is -2.31. The predicted molar refractivity (Wildman–Crippen MR) is 88.7 cm³/mol. The minimum absolute atomic E-state index is 0.0815. The second kappa shape index (κ2) is 6.03. The van der Waals surface area contributed by atoms with Crippen LogP contribution in [0.4, 0.5) is 0 Å². The van der Waals surface area contributed by atoms with Crippen LogP contribution in [0.3, 0.4) is 0 Å². The Morgan fingerprint density at radius 1 is 1.29 bits per heavy atom. The fourth-order valence-corrected chi connectivity index (χ4v) is 4.00. The first-order valence-corrected chi connectivity index (χ1v) is 8.82. The number of aromatic nitrogens is 5. The molecule has 4 rings (SSSR count). The van der Waals surface area contributed by atoms with Gasteiger partial charge in [-0.25, -0.2) is 0 Å². The highest BCUT2D eigenvalue weighted by atomic mass is 16.2. The van der Waals surface area contributed by atoms with E-state index in [9.17, 15) is 4.79 Å². The van der Waals surface area contributed by atoms with E-state index in [4.69, 9.17) is 0 Å². The number of aryl methyl sites for hydroxylation is 2. The number of nitrogens with zero attached hydrogens (tertiary/aromatic N) is 5. The number of piperidine rings is 1. The molecule has 1 fully saturated rings. The highest BCUT2D eigenvalue weighted by Gasteiger charge is 2.31. The van der Waals surface area contributed by atoms with Crippen LogP contribution in [-0.4, -0.2) is 48.9 Å². The summed E-state index contributed by atoms with van der Waals surface area (Å²) in [7, 11) is 1.98. The molecule has 1 saturated heterocycles. The number of amides is 1. The number of H-pyrrole nitrogens is 1. The average Bonchev–Trinajstić information content (AvgIpc) is 3.20. The topological polar surface area (TPSA) is 79.7 Å². The third-order valence-corrected chi connectivity index (χ3v) is 5.49. The molecule has 128 valence electrons. The van der Waals surface area contributed by atoms with Gasteiger partial charge in [-0.1, -0.05) is 6.92 Å². The molecular formula is C17H24N6O. The first-order chi connectivity index (χ1) is 11.6. The van der Waals surface area contributed by atoms with E-state index in [1.807, 2.05) is 16.5 Å². The molecule has 0 aromatic carbocycles. The molecule has 0 radical (unpaired) electrons. The molecule has 2 aromatic rings. The minimum atomic E-state index is 0.0815. The molecule has 2 aliphatic rings. The van der Waals surface area contributed by atoms with E-state index in [1.165, 1.54) is 6.42 Å². The molecule has 7 nitrogen and oxygen atoms in total. The Bertz CT molecular complexity index is 740. The monoisotopic (exact) mass is 328 g/mol. The van der Waals surface area contributed by atoms with E-state index < -0.39 is 0 Å². The Kier molecular flexibility index (Phi) is 3.86. The molecule has 2 aromatic heterocycles. The molecule has 0 spiro atoms. The first-order valence-electron chi connectivity index (χ1n) is 8.82. The molecule has 1 atom stereocenters. The van der Waals surface area contributed by atoms with Crippen LogP contribution in [0.1, 0.15) is 59.7 Å². The Morgan fingerprint density at radius 3 is 2.79 bits per heavy atom. The maximum absolute atomic E-state index is 12.9. The predicted octanol–water partition coefficient (Wildman–Crippen LogP) is 1.68. The van der Waals surface area contributed by atoms with Crippen molar-refractivity contribution in [1.29, 1.82) is 0 Å². The van der Waals surface area contributed by atoms with Crippen LogP contribution < -0.4 is 0 Å². The summed E-state index contributed by atoms with van der Waals surface area (Å²) in [6.45, 7) is 3.76. The summed E-state index contributed by atoms with van der Waals surface area (Å²) in [4.78, 5) is 14.9. The molecule has 0 saturated carbocycles. The standard InChI is InChI=1S/C17H24N6O/c1-11-3-4-14-13(9-11)15(20-19-14)17(24)23-7-5-12(6-8-23)16-21-18-10-22(16)2/h10-12H,3-9H2,1-2H3,(H,19,20). The minimum Gasteiger partial charge on any atom is -0.337 e. The van der Waals surface area contributed by atoms with Gasteiger partial charge in [-0.15, -0.1) is 10.2 Å². The number of fused-ring (bicyclic) bond motifs is 1. The summed E-state index contributed by atoms with van der Waals surface area (Å²) < 4.78 is 1.98. The van der Waals surface area contributed by atoms with Crippen LogP contribution >= 0.6 is 0 Å². The normalized spacial score (nSPS) is 21.8. The van der Waals surface area contributed by atoms with Crippen molar-refractivity contribution in [1.82, 2.24) is 29.9 Å². The van der Waals surface area contributed by atoms with Crippen molar-refractivity contribution in [3.8, 4) is 0 Å². The van der Waals surface area contributed by atoms with Gasteiger partial charge in [-0.2, -0.15) is 5.10 Å². The van der Waals surface area contributed by atoms with Gasteiger partial charge < -0.3 is 9.47 Å². The van der Waals surface area contributed by atoms with Gasteiger partial charge in [0.1, 0.15) is 12.2 Å². The lowest BCUT2D eigenvalue weighted by Crippen LogP contribution is -2.39. The van der Waals surface area contributed by atoms with Gasteiger partial charge >= 0.3 is 0 Å². The number of hydrogen-bond acceptors (Lipinski definition) is 4. The molecule has 7 heteroatoms. The number of likely N-dealkylation sites (tertiary alicyclic amines) is 1. The zero-order chi connectivity index (χ0) is 16.7. The molecule has 0 bridgehead atoms. The van der Waals surface area contributed by atoms with Crippen LogP contribution in [0.2, 0.25) is 0 Å². The van der Waals surface area contributed by atoms with Crippen molar-refractivity contribution < 1.29 is 4.79 Å². The number of hydrogen-bond donors (Lipinski definition) is 1. The van der Waals surface area contributed by atoms with Crippen LogP contribution in [0.5, 0.6) is 0 Å². The van der Waals surface area contributed by atoms with Gasteiger partial charge in [-0.05, 0) is 38.0 Å². The SMILES string of the molecule is CC1CCc2[nH]nc(C(=O)N3CCC(c4nncn4C)CC3)c2C1. The Balaban J connectivity index is 1.46. The van der Waals surface area contributed by atoms with Crippen LogP contribution in [0, 0.1) is 5.92 Å².